The third-order valence-corrected chi connectivity index (χ3v) is 6.15. The summed E-state index contributed by atoms with van der Waals surface area (Å²) in [4.78, 5) is 0. The maximum absolute atomic E-state index is 10.2. The van der Waals surface area contributed by atoms with Crippen LogP contribution in [0.3, 0.4) is 0 Å². The molecule has 0 bridgehead atoms. The highest BCUT2D eigenvalue weighted by Gasteiger charge is 2.47. The third-order valence-electron chi connectivity index (χ3n) is 6.15. The van der Waals surface area contributed by atoms with Gasteiger partial charge in [-0.2, -0.15) is 0 Å². The first-order valence-electron chi connectivity index (χ1n) is 9.70. The highest BCUT2D eigenvalue weighted by Crippen LogP contribution is 2.47. The molecule has 1 aliphatic heterocycles. The summed E-state index contributed by atoms with van der Waals surface area (Å²) in [5, 5.41) is 48.9. The summed E-state index contributed by atoms with van der Waals surface area (Å²) >= 11 is 0. The minimum absolute atomic E-state index is 0.00531. The summed E-state index contributed by atoms with van der Waals surface area (Å²) < 4.78 is 11.4. The molecular weight excluding hydrogens is 340 g/mol. The largest absolute Gasteiger partial charge is 0.394 e. The van der Waals surface area contributed by atoms with Crippen LogP contribution in [-0.4, -0.2) is 75.1 Å². The quantitative estimate of drug-likeness (QED) is 0.455. The van der Waals surface area contributed by atoms with Gasteiger partial charge in [0.15, 0.2) is 6.29 Å². The van der Waals surface area contributed by atoms with Gasteiger partial charge in [-0.15, -0.1) is 0 Å². The molecule has 9 atom stereocenters. The van der Waals surface area contributed by atoms with Crippen LogP contribution in [0.25, 0.3) is 0 Å². The zero-order chi connectivity index (χ0) is 19.6. The molecule has 154 valence electrons. The maximum Gasteiger partial charge on any atom is 0.186 e. The molecule has 0 aromatic heterocycles. The van der Waals surface area contributed by atoms with Crippen molar-refractivity contribution >= 4 is 0 Å². The van der Waals surface area contributed by atoms with Gasteiger partial charge >= 0.3 is 0 Å². The monoisotopic (exact) mass is 376 g/mol. The normalized spacial score (nSPS) is 44.7. The fraction of sp³-hybridized carbons (Fsp3) is 1.00. The Morgan fingerprint density at radius 2 is 1.81 bits per heavy atom. The van der Waals surface area contributed by atoms with Gasteiger partial charge < -0.3 is 35.0 Å². The van der Waals surface area contributed by atoms with Crippen molar-refractivity contribution in [3.8, 4) is 0 Å². The number of hydrogen-bond donors (Lipinski definition) is 5. The van der Waals surface area contributed by atoms with Gasteiger partial charge in [-0.1, -0.05) is 20.8 Å². The van der Waals surface area contributed by atoms with Gasteiger partial charge in [0.2, 0.25) is 0 Å². The number of aliphatic hydroxyl groups excluding tert-OH is 5. The fourth-order valence-electron chi connectivity index (χ4n) is 4.74. The van der Waals surface area contributed by atoms with E-state index in [1.165, 1.54) is 0 Å². The van der Waals surface area contributed by atoms with Crippen LogP contribution in [0.5, 0.6) is 0 Å². The number of ether oxygens (including phenoxy) is 2. The van der Waals surface area contributed by atoms with E-state index < -0.39 is 37.3 Å². The molecule has 0 radical (unpaired) electrons. The minimum Gasteiger partial charge on any atom is -0.394 e. The molecule has 2 fully saturated rings. The van der Waals surface area contributed by atoms with Crippen molar-refractivity contribution in [2.24, 2.45) is 17.3 Å². The van der Waals surface area contributed by atoms with E-state index >= 15 is 0 Å². The smallest absolute Gasteiger partial charge is 0.186 e. The highest BCUT2D eigenvalue weighted by atomic mass is 16.7. The molecule has 7 nitrogen and oxygen atoms in total. The molecule has 5 N–H and O–H groups in total. The first-order valence-corrected chi connectivity index (χ1v) is 9.70. The Morgan fingerprint density at radius 3 is 2.35 bits per heavy atom. The SMILES string of the molecule is CC(O)CCC1C(C)CC(OC2OC(CO)C(O)C(O)C2O)CC1(C)C. The Morgan fingerprint density at radius 1 is 1.15 bits per heavy atom. The molecule has 9 unspecified atom stereocenters. The summed E-state index contributed by atoms with van der Waals surface area (Å²) in [5.74, 6) is 0.846. The lowest BCUT2D eigenvalue weighted by molar-refractivity contribution is -0.316. The second-order valence-corrected chi connectivity index (χ2v) is 8.89. The Labute approximate surface area is 155 Å². The van der Waals surface area contributed by atoms with E-state index in [4.69, 9.17) is 9.47 Å². The Hall–Kier alpha value is -0.280. The van der Waals surface area contributed by atoms with Gasteiger partial charge in [-0.25, -0.2) is 0 Å². The van der Waals surface area contributed by atoms with E-state index in [0.717, 1.165) is 25.7 Å². The number of hydrogen-bond acceptors (Lipinski definition) is 7. The van der Waals surface area contributed by atoms with Gasteiger partial charge in [0, 0.05) is 0 Å². The molecule has 1 heterocycles. The molecule has 0 spiro atoms. The van der Waals surface area contributed by atoms with Crippen molar-refractivity contribution in [3.63, 3.8) is 0 Å². The van der Waals surface area contributed by atoms with Crippen LogP contribution in [0.1, 0.15) is 53.4 Å². The van der Waals surface area contributed by atoms with Gasteiger partial charge in [0.25, 0.3) is 0 Å². The summed E-state index contributed by atoms with van der Waals surface area (Å²) in [6.45, 7) is 7.92. The van der Waals surface area contributed by atoms with Crippen molar-refractivity contribution in [3.05, 3.63) is 0 Å². The van der Waals surface area contributed by atoms with Crippen molar-refractivity contribution in [2.45, 2.75) is 96.3 Å². The van der Waals surface area contributed by atoms with Gasteiger partial charge in [-0.3, -0.25) is 0 Å². The van der Waals surface area contributed by atoms with Crippen molar-refractivity contribution in [2.75, 3.05) is 6.61 Å². The molecule has 1 aliphatic carbocycles. The predicted octanol–water partition coefficient (Wildman–Crippen LogP) is 0.405. The average Bonchev–Trinajstić information content (AvgIpc) is 2.53. The van der Waals surface area contributed by atoms with Crippen LogP contribution in [0, 0.1) is 17.3 Å². The molecule has 0 aromatic carbocycles. The van der Waals surface area contributed by atoms with Crippen LogP contribution in [0.4, 0.5) is 0 Å². The molecule has 0 aromatic rings. The molecular formula is C19H36O7. The van der Waals surface area contributed by atoms with Crippen molar-refractivity contribution in [1.29, 1.82) is 0 Å². The van der Waals surface area contributed by atoms with E-state index in [9.17, 15) is 25.5 Å². The molecule has 1 saturated heterocycles. The van der Waals surface area contributed by atoms with Gasteiger partial charge in [0.05, 0.1) is 18.8 Å². The number of rotatable bonds is 6. The molecule has 7 heteroatoms. The Kier molecular flexibility index (Phi) is 7.46. The second kappa shape index (κ2) is 8.82. The first-order chi connectivity index (χ1) is 12.1. The van der Waals surface area contributed by atoms with Crippen LogP contribution in [0.15, 0.2) is 0 Å². The van der Waals surface area contributed by atoms with Gasteiger partial charge in [0.1, 0.15) is 24.4 Å². The lowest BCUT2D eigenvalue weighted by Gasteiger charge is -2.48. The number of aliphatic hydroxyl groups is 5. The molecule has 26 heavy (non-hydrogen) atoms. The average molecular weight is 376 g/mol. The predicted molar refractivity (Wildman–Crippen MR) is 95.2 cm³/mol. The van der Waals surface area contributed by atoms with Crippen LogP contribution in [0.2, 0.25) is 0 Å². The lowest BCUT2D eigenvalue weighted by Crippen LogP contribution is -2.60. The molecule has 2 rings (SSSR count). The van der Waals surface area contributed by atoms with Crippen LogP contribution in [-0.2, 0) is 9.47 Å². The van der Waals surface area contributed by atoms with E-state index in [-0.39, 0.29) is 17.6 Å². The molecule has 0 amide bonds. The molecule has 1 saturated carbocycles. The lowest BCUT2D eigenvalue weighted by atomic mass is 9.61. The highest BCUT2D eigenvalue weighted by molar-refractivity contribution is 4.93. The fourth-order valence-corrected chi connectivity index (χ4v) is 4.74. The van der Waals surface area contributed by atoms with E-state index in [0.29, 0.717) is 11.8 Å². The van der Waals surface area contributed by atoms with E-state index in [2.05, 4.69) is 20.8 Å². The first kappa shape index (κ1) is 22.0. The van der Waals surface area contributed by atoms with E-state index in [1.807, 2.05) is 6.92 Å². The van der Waals surface area contributed by atoms with Gasteiger partial charge in [-0.05, 0) is 49.9 Å². The zero-order valence-electron chi connectivity index (χ0n) is 16.3. The minimum atomic E-state index is -1.42. The summed E-state index contributed by atoms with van der Waals surface area (Å²) in [6.07, 6.45) is -3.34. The van der Waals surface area contributed by atoms with Crippen LogP contribution >= 0.6 is 0 Å². The molecule has 2 aliphatic rings. The summed E-state index contributed by atoms with van der Waals surface area (Å²) in [7, 11) is 0. The van der Waals surface area contributed by atoms with Crippen LogP contribution < -0.4 is 0 Å². The Balaban J connectivity index is 2.00. The summed E-state index contributed by atoms with van der Waals surface area (Å²) in [5.41, 5.74) is 0.00531. The second-order valence-electron chi connectivity index (χ2n) is 8.89. The van der Waals surface area contributed by atoms with E-state index in [1.54, 1.807) is 0 Å². The van der Waals surface area contributed by atoms with Crippen molar-refractivity contribution < 1.29 is 35.0 Å². The topological polar surface area (TPSA) is 120 Å². The summed E-state index contributed by atoms with van der Waals surface area (Å²) in [6, 6.07) is 0. The Bertz CT molecular complexity index is 440. The van der Waals surface area contributed by atoms with Crippen molar-refractivity contribution in [1.82, 2.24) is 0 Å². The third kappa shape index (κ3) is 4.95. The maximum atomic E-state index is 10.2. The zero-order valence-corrected chi connectivity index (χ0v) is 16.3. The standard InChI is InChI=1S/C19H36O7/c1-10-7-12(8-19(3,4)13(10)6-5-11(2)21)25-18-17(24)16(23)15(22)14(9-20)26-18/h10-18,20-24H,5-9H2,1-4H3.